The third kappa shape index (κ3) is 4.82. The molecule has 1 aromatic carbocycles. The van der Waals surface area contributed by atoms with Gasteiger partial charge in [-0.05, 0) is 44.1 Å². The summed E-state index contributed by atoms with van der Waals surface area (Å²) in [5, 5.41) is 2.95. The maximum Gasteiger partial charge on any atom is 0.237 e. The van der Waals surface area contributed by atoms with Gasteiger partial charge < -0.3 is 11.1 Å². The van der Waals surface area contributed by atoms with Crippen molar-refractivity contribution in [3.8, 4) is 0 Å². The van der Waals surface area contributed by atoms with Gasteiger partial charge in [-0.15, -0.1) is 0 Å². The highest BCUT2D eigenvalue weighted by atomic mass is 16.2. The molecule has 20 heavy (non-hydrogen) atoms. The average Bonchev–Trinajstić information content (AvgIpc) is 2.49. The summed E-state index contributed by atoms with van der Waals surface area (Å²) in [6.07, 6.45) is 8.84. The molecule has 0 aliphatic heterocycles. The van der Waals surface area contributed by atoms with Gasteiger partial charge in [0.25, 0.3) is 0 Å². The van der Waals surface area contributed by atoms with Crippen LogP contribution in [0.1, 0.15) is 37.7 Å². The molecule has 1 amide bonds. The number of benzene rings is 1. The van der Waals surface area contributed by atoms with Gasteiger partial charge in [0.15, 0.2) is 0 Å². The van der Waals surface area contributed by atoms with Gasteiger partial charge >= 0.3 is 0 Å². The van der Waals surface area contributed by atoms with Crippen LogP contribution in [0.3, 0.4) is 0 Å². The molecular weight excluding hydrogens is 248 g/mol. The van der Waals surface area contributed by atoms with Gasteiger partial charge in [0.2, 0.25) is 5.91 Å². The molecule has 1 aliphatic rings. The number of nitrogens with two attached hydrogens (primary N) is 1. The lowest BCUT2D eigenvalue weighted by Gasteiger charge is -2.15. The van der Waals surface area contributed by atoms with E-state index in [0.29, 0.717) is 13.0 Å². The molecule has 0 saturated heterocycles. The summed E-state index contributed by atoms with van der Waals surface area (Å²) in [6, 6.07) is 9.44. The number of hydrogen-bond acceptors (Lipinski definition) is 2. The van der Waals surface area contributed by atoms with E-state index < -0.39 is 6.04 Å². The second kappa shape index (κ2) is 7.85. The monoisotopic (exact) mass is 272 g/mol. The van der Waals surface area contributed by atoms with Crippen LogP contribution in [0.4, 0.5) is 0 Å². The molecule has 0 bridgehead atoms. The van der Waals surface area contributed by atoms with E-state index in [1.54, 1.807) is 0 Å². The van der Waals surface area contributed by atoms with Crippen molar-refractivity contribution in [3.05, 3.63) is 47.5 Å². The smallest absolute Gasteiger partial charge is 0.237 e. The predicted octanol–water partition coefficient (Wildman–Crippen LogP) is 2.56. The molecule has 0 radical (unpaired) electrons. The summed E-state index contributed by atoms with van der Waals surface area (Å²) in [5.41, 5.74) is 8.52. The van der Waals surface area contributed by atoms with Crippen LogP contribution in [0.2, 0.25) is 0 Å². The Morgan fingerprint density at radius 2 is 2.05 bits per heavy atom. The van der Waals surface area contributed by atoms with Crippen molar-refractivity contribution >= 4 is 5.91 Å². The van der Waals surface area contributed by atoms with Gasteiger partial charge in [0.1, 0.15) is 0 Å². The summed E-state index contributed by atoms with van der Waals surface area (Å²) in [5.74, 6) is -0.0507. The first-order chi connectivity index (χ1) is 9.75. The van der Waals surface area contributed by atoms with Gasteiger partial charge in [0.05, 0.1) is 6.04 Å². The lowest BCUT2D eigenvalue weighted by Crippen LogP contribution is -2.42. The second-order valence-corrected chi connectivity index (χ2v) is 5.45. The van der Waals surface area contributed by atoms with Crippen LogP contribution in [0.5, 0.6) is 0 Å². The van der Waals surface area contributed by atoms with Crippen LogP contribution >= 0.6 is 0 Å². The molecule has 0 spiro atoms. The molecule has 1 aromatic rings. The minimum atomic E-state index is -0.460. The summed E-state index contributed by atoms with van der Waals surface area (Å²) in [4.78, 5) is 11.9. The Labute approximate surface area is 121 Å². The molecule has 0 heterocycles. The van der Waals surface area contributed by atoms with E-state index in [0.717, 1.165) is 12.0 Å². The summed E-state index contributed by atoms with van der Waals surface area (Å²) >= 11 is 0. The molecule has 0 unspecified atom stereocenters. The largest absolute Gasteiger partial charge is 0.354 e. The SMILES string of the molecule is N[C@@H](Cc1ccccc1)C(=O)NCCC1=CCCCC1. The van der Waals surface area contributed by atoms with Crippen LogP contribution in [-0.2, 0) is 11.2 Å². The molecule has 1 atom stereocenters. The molecule has 3 nitrogen and oxygen atoms in total. The van der Waals surface area contributed by atoms with E-state index in [1.165, 1.54) is 31.3 Å². The van der Waals surface area contributed by atoms with E-state index in [9.17, 15) is 4.79 Å². The molecular formula is C17H24N2O. The van der Waals surface area contributed by atoms with Gasteiger partial charge in [0, 0.05) is 6.54 Å². The van der Waals surface area contributed by atoms with Crippen LogP contribution in [-0.4, -0.2) is 18.5 Å². The zero-order valence-corrected chi connectivity index (χ0v) is 12.0. The molecule has 0 saturated carbocycles. The lowest BCUT2D eigenvalue weighted by atomic mass is 9.97. The topological polar surface area (TPSA) is 55.1 Å². The normalized spacial score (nSPS) is 16.4. The van der Waals surface area contributed by atoms with Crippen molar-refractivity contribution < 1.29 is 4.79 Å². The fraction of sp³-hybridized carbons (Fsp3) is 0.471. The number of amides is 1. The minimum absolute atomic E-state index is 0.0507. The minimum Gasteiger partial charge on any atom is -0.354 e. The fourth-order valence-corrected chi connectivity index (χ4v) is 2.57. The van der Waals surface area contributed by atoms with E-state index in [4.69, 9.17) is 5.73 Å². The molecule has 108 valence electrons. The number of hydrogen-bond donors (Lipinski definition) is 2. The van der Waals surface area contributed by atoms with Crippen molar-refractivity contribution in [2.24, 2.45) is 5.73 Å². The highest BCUT2D eigenvalue weighted by Crippen LogP contribution is 2.19. The Morgan fingerprint density at radius 3 is 2.75 bits per heavy atom. The van der Waals surface area contributed by atoms with Gasteiger partial charge in [-0.3, -0.25) is 4.79 Å². The lowest BCUT2D eigenvalue weighted by molar-refractivity contribution is -0.122. The van der Waals surface area contributed by atoms with Crippen molar-refractivity contribution in [1.82, 2.24) is 5.32 Å². The zero-order chi connectivity index (χ0) is 14.2. The number of allylic oxidation sites excluding steroid dienone is 1. The van der Waals surface area contributed by atoms with Crippen LogP contribution in [0.15, 0.2) is 42.0 Å². The van der Waals surface area contributed by atoms with Gasteiger partial charge in [-0.2, -0.15) is 0 Å². The Bertz CT molecular complexity index is 453. The predicted molar refractivity (Wildman–Crippen MR) is 82.3 cm³/mol. The maximum atomic E-state index is 11.9. The first-order valence-corrected chi connectivity index (χ1v) is 7.51. The Hall–Kier alpha value is -1.61. The molecule has 0 aromatic heterocycles. The molecule has 3 heteroatoms. The fourth-order valence-electron chi connectivity index (χ4n) is 2.57. The standard InChI is InChI=1S/C17H24N2O/c18-16(13-15-9-5-2-6-10-15)17(20)19-12-11-14-7-3-1-4-8-14/h2,5-7,9-10,16H,1,3-4,8,11-13,18H2,(H,19,20)/t16-/m0/s1. The van der Waals surface area contributed by atoms with Crippen molar-refractivity contribution in [3.63, 3.8) is 0 Å². The average molecular weight is 272 g/mol. The quantitative estimate of drug-likeness (QED) is 0.782. The molecule has 1 aliphatic carbocycles. The zero-order valence-electron chi connectivity index (χ0n) is 12.0. The van der Waals surface area contributed by atoms with E-state index in [-0.39, 0.29) is 5.91 Å². The number of carbonyl (C=O) groups is 1. The Balaban J connectivity index is 1.70. The van der Waals surface area contributed by atoms with Crippen LogP contribution in [0.25, 0.3) is 0 Å². The number of carbonyl (C=O) groups excluding carboxylic acids is 1. The maximum absolute atomic E-state index is 11.9. The Morgan fingerprint density at radius 1 is 1.25 bits per heavy atom. The van der Waals surface area contributed by atoms with Crippen LogP contribution < -0.4 is 11.1 Å². The van der Waals surface area contributed by atoms with Crippen LogP contribution in [0, 0.1) is 0 Å². The summed E-state index contributed by atoms with van der Waals surface area (Å²) in [7, 11) is 0. The summed E-state index contributed by atoms with van der Waals surface area (Å²) in [6.45, 7) is 0.702. The van der Waals surface area contributed by atoms with E-state index in [1.807, 2.05) is 30.3 Å². The van der Waals surface area contributed by atoms with Crippen molar-refractivity contribution in [2.75, 3.05) is 6.54 Å². The second-order valence-electron chi connectivity index (χ2n) is 5.45. The molecule has 2 rings (SSSR count). The van der Waals surface area contributed by atoms with Crippen molar-refractivity contribution in [1.29, 1.82) is 0 Å². The summed E-state index contributed by atoms with van der Waals surface area (Å²) < 4.78 is 0. The number of rotatable bonds is 6. The van der Waals surface area contributed by atoms with Gasteiger partial charge in [-0.25, -0.2) is 0 Å². The van der Waals surface area contributed by atoms with Crippen molar-refractivity contribution in [2.45, 2.75) is 44.6 Å². The van der Waals surface area contributed by atoms with E-state index >= 15 is 0 Å². The third-order valence-electron chi connectivity index (χ3n) is 3.77. The Kier molecular flexibility index (Phi) is 5.81. The highest BCUT2D eigenvalue weighted by Gasteiger charge is 2.13. The van der Waals surface area contributed by atoms with E-state index in [2.05, 4.69) is 11.4 Å². The van der Waals surface area contributed by atoms with Gasteiger partial charge in [-0.1, -0.05) is 42.0 Å². The first-order valence-electron chi connectivity index (χ1n) is 7.51. The molecule has 0 fully saturated rings. The third-order valence-corrected chi connectivity index (χ3v) is 3.77. The number of nitrogens with one attached hydrogen (secondary N) is 1. The molecule has 3 N–H and O–H groups in total. The highest BCUT2D eigenvalue weighted by molar-refractivity contribution is 5.81. The first kappa shape index (κ1) is 14.8.